The van der Waals surface area contributed by atoms with Crippen LogP contribution in [0.2, 0.25) is 0 Å². The molecule has 240 valence electrons. The van der Waals surface area contributed by atoms with Crippen molar-refractivity contribution < 1.29 is 35.5 Å². The Morgan fingerprint density at radius 1 is 0.933 bits per heavy atom. The van der Waals surface area contributed by atoms with E-state index in [1.807, 2.05) is 18.2 Å². The van der Waals surface area contributed by atoms with Gasteiger partial charge in [-0.1, -0.05) is 18.2 Å². The summed E-state index contributed by atoms with van der Waals surface area (Å²) in [4.78, 5) is 16.9. The first-order valence-corrected chi connectivity index (χ1v) is 18.4. The van der Waals surface area contributed by atoms with E-state index in [9.17, 15) is 30.7 Å². The summed E-state index contributed by atoms with van der Waals surface area (Å²) in [5.41, 5.74) is 12.7. The Morgan fingerprint density at radius 2 is 1.64 bits per heavy atom. The summed E-state index contributed by atoms with van der Waals surface area (Å²) in [6.45, 7) is 2.46. The van der Waals surface area contributed by atoms with Crippen LogP contribution in [0.5, 0.6) is 5.75 Å². The van der Waals surface area contributed by atoms with Crippen LogP contribution in [-0.4, -0.2) is 80.5 Å². The van der Waals surface area contributed by atoms with Crippen LogP contribution >= 0.6 is 0 Å². The summed E-state index contributed by atoms with van der Waals surface area (Å²) in [7, 11) is -8.12. The van der Waals surface area contributed by atoms with Gasteiger partial charge in [-0.3, -0.25) is 18.8 Å². The molecule has 4 aliphatic rings. The predicted molar refractivity (Wildman–Crippen MR) is 171 cm³/mol. The van der Waals surface area contributed by atoms with E-state index in [0.29, 0.717) is 42.1 Å². The van der Waals surface area contributed by atoms with Gasteiger partial charge in [0.2, 0.25) is 5.91 Å². The number of nitrogens with two attached hydrogens (primary N) is 1. The molecule has 3 heterocycles. The molecule has 6 rings (SSSR count). The minimum Gasteiger partial charge on any atom is -0.456 e. The van der Waals surface area contributed by atoms with Crippen LogP contribution in [0, 0.1) is 0 Å². The summed E-state index contributed by atoms with van der Waals surface area (Å²) < 4.78 is 70.5. The Balaban J connectivity index is 1.44. The molecule has 1 unspecified atom stereocenters. The van der Waals surface area contributed by atoms with Crippen molar-refractivity contribution in [3.05, 3.63) is 87.7 Å². The molecule has 2 aromatic carbocycles. The molecule has 1 saturated heterocycles. The van der Waals surface area contributed by atoms with Crippen molar-refractivity contribution in [3.8, 4) is 5.75 Å². The quantitative estimate of drug-likeness (QED) is 0.322. The third kappa shape index (κ3) is 6.87. The van der Waals surface area contributed by atoms with Crippen LogP contribution in [0.25, 0.3) is 5.57 Å². The lowest BCUT2D eigenvalue weighted by atomic mass is 9.80. The number of amides is 1. The Hall–Kier alpha value is -3.49. The van der Waals surface area contributed by atoms with Gasteiger partial charge in [-0.05, 0) is 86.1 Å². The molecule has 2 aromatic rings. The van der Waals surface area contributed by atoms with Gasteiger partial charge in [0, 0.05) is 53.7 Å². The van der Waals surface area contributed by atoms with Crippen LogP contribution in [0.4, 0.5) is 5.69 Å². The first-order valence-electron chi connectivity index (χ1n) is 15.2. The first-order chi connectivity index (χ1) is 21.4. The summed E-state index contributed by atoms with van der Waals surface area (Å²) in [6.07, 6.45) is 8.22. The number of carbonyl (C=O) groups excluding carboxylic acids is 1. The van der Waals surface area contributed by atoms with Crippen LogP contribution in [-0.2, 0) is 26.7 Å². The van der Waals surface area contributed by atoms with Crippen molar-refractivity contribution in [1.82, 2.24) is 4.90 Å². The predicted octanol–water partition coefficient (Wildman–Crippen LogP) is 3.58. The zero-order chi connectivity index (χ0) is 31.9. The summed E-state index contributed by atoms with van der Waals surface area (Å²) in [5, 5.41) is 0. The van der Waals surface area contributed by atoms with Gasteiger partial charge in [0.05, 0.1) is 17.5 Å². The first kappa shape index (κ1) is 31.5. The highest BCUT2D eigenvalue weighted by atomic mass is 32.2. The van der Waals surface area contributed by atoms with E-state index in [0.717, 1.165) is 72.3 Å². The standard InChI is InChI=1S/C32H37N3O8S2/c33-32(36)24-10-2-1-9-23(24)31-25-17-21-7-3-11-34(13-5-15-44(37,38)39)27(21)19-29(25)43-30-20-28-22(18-26(30)31)8-4-12-35(28)14-6-16-45(40,41)42/h1-2,9-10,17-20,27H,3-8,11-16H2,(H2,33,36)(H,37,38,39)(H,40,41,42). The van der Waals surface area contributed by atoms with Gasteiger partial charge in [-0.25, -0.2) is 0 Å². The number of nitrogens with zero attached hydrogens (tertiary/aromatic N) is 2. The summed E-state index contributed by atoms with van der Waals surface area (Å²) in [6, 6.07) is 11.2. The normalized spacial score (nSPS) is 19.9. The van der Waals surface area contributed by atoms with E-state index in [-0.39, 0.29) is 24.0 Å². The number of primary amides is 1. The van der Waals surface area contributed by atoms with Crippen molar-refractivity contribution in [1.29, 1.82) is 0 Å². The molecule has 0 saturated carbocycles. The van der Waals surface area contributed by atoms with Gasteiger partial charge < -0.3 is 15.4 Å². The number of hydrogen-bond acceptors (Lipinski definition) is 8. The second-order valence-electron chi connectivity index (χ2n) is 12.0. The molecule has 1 amide bonds. The lowest BCUT2D eigenvalue weighted by Crippen LogP contribution is -2.42. The Morgan fingerprint density at radius 3 is 2.38 bits per heavy atom. The van der Waals surface area contributed by atoms with E-state index in [4.69, 9.17) is 10.5 Å². The lowest BCUT2D eigenvalue weighted by molar-refractivity contribution is 0.1000. The number of benzene rings is 2. The monoisotopic (exact) mass is 655 g/mol. The lowest BCUT2D eigenvalue weighted by Gasteiger charge is -2.40. The smallest absolute Gasteiger partial charge is 0.264 e. The van der Waals surface area contributed by atoms with Crippen LogP contribution < -0.4 is 15.4 Å². The van der Waals surface area contributed by atoms with Gasteiger partial charge in [0.25, 0.3) is 20.2 Å². The summed E-state index contributed by atoms with van der Waals surface area (Å²) in [5.74, 6) is 0.0700. The topological polar surface area (TPSA) is 168 Å². The van der Waals surface area contributed by atoms with E-state index in [2.05, 4.69) is 28.0 Å². The maximum absolute atomic E-state index is 12.6. The van der Waals surface area contributed by atoms with E-state index in [1.54, 1.807) is 12.1 Å². The highest BCUT2D eigenvalue weighted by Gasteiger charge is 2.35. The van der Waals surface area contributed by atoms with Gasteiger partial charge in [-0.15, -0.1) is 0 Å². The average Bonchev–Trinajstić information content (AvgIpc) is 2.97. The molecule has 13 heteroatoms. The van der Waals surface area contributed by atoms with E-state index >= 15 is 0 Å². The highest BCUT2D eigenvalue weighted by molar-refractivity contribution is 7.86. The number of carbonyl (C=O) groups is 1. The van der Waals surface area contributed by atoms with Crippen molar-refractivity contribution in [3.63, 3.8) is 0 Å². The van der Waals surface area contributed by atoms with Crippen molar-refractivity contribution in [2.45, 2.75) is 44.6 Å². The fraction of sp³-hybridized carbons (Fsp3) is 0.406. The number of anilines is 1. The second kappa shape index (κ2) is 12.4. The van der Waals surface area contributed by atoms with Crippen molar-refractivity contribution in [2.24, 2.45) is 5.73 Å². The maximum atomic E-state index is 12.6. The van der Waals surface area contributed by atoms with Crippen LogP contribution in [0.3, 0.4) is 0 Å². The number of fused-ring (bicyclic) bond motifs is 4. The number of aryl methyl sites for hydroxylation is 1. The molecular weight excluding hydrogens is 618 g/mol. The van der Waals surface area contributed by atoms with Gasteiger partial charge in [0.1, 0.15) is 11.5 Å². The minimum atomic E-state index is -4.06. The molecule has 4 N–H and O–H groups in total. The Kier molecular flexibility index (Phi) is 8.65. The van der Waals surface area contributed by atoms with Gasteiger partial charge in [-0.2, -0.15) is 16.8 Å². The summed E-state index contributed by atoms with van der Waals surface area (Å²) >= 11 is 0. The molecule has 0 radical (unpaired) electrons. The number of hydrogen-bond donors (Lipinski definition) is 3. The maximum Gasteiger partial charge on any atom is 0.264 e. The van der Waals surface area contributed by atoms with Gasteiger partial charge in [0.15, 0.2) is 0 Å². The number of piperidine rings is 1. The molecule has 45 heavy (non-hydrogen) atoms. The van der Waals surface area contributed by atoms with Crippen molar-refractivity contribution >= 4 is 37.4 Å². The number of allylic oxidation sites excluding steroid dienone is 1. The second-order valence-corrected chi connectivity index (χ2v) is 15.1. The number of likely N-dealkylation sites (tertiary alicyclic amines) is 1. The molecule has 1 fully saturated rings. The number of ether oxygens (including phenoxy) is 1. The molecule has 0 bridgehead atoms. The molecule has 1 atom stereocenters. The Bertz CT molecular complexity index is 1850. The molecule has 0 spiro atoms. The molecular formula is C32H37N3O8S2. The Labute approximate surface area is 263 Å². The van der Waals surface area contributed by atoms with E-state index in [1.165, 1.54) is 0 Å². The van der Waals surface area contributed by atoms with Gasteiger partial charge >= 0.3 is 0 Å². The molecule has 11 nitrogen and oxygen atoms in total. The third-order valence-corrected chi connectivity index (χ3v) is 10.5. The molecule has 1 aliphatic carbocycles. The highest BCUT2D eigenvalue weighted by Crippen LogP contribution is 2.48. The molecule has 3 aliphatic heterocycles. The average molecular weight is 656 g/mol. The minimum absolute atomic E-state index is 0.109. The SMILES string of the molecule is NC(=O)c1ccccc1C1=C2C=C3CCCN(CCCS(=O)(=O)O)C3C=C2Oc2cc3c(cc21)CCCN3CCCS(=O)(=O)O. The molecule has 0 aromatic heterocycles. The fourth-order valence-electron chi connectivity index (χ4n) is 6.96. The largest absolute Gasteiger partial charge is 0.456 e. The fourth-order valence-corrected chi connectivity index (χ4v) is 7.95. The number of rotatable bonds is 10. The van der Waals surface area contributed by atoms with Crippen LogP contribution in [0.15, 0.2) is 65.5 Å². The third-order valence-electron chi connectivity index (χ3n) is 8.88. The van der Waals surface area contributed by atoms with E-state index < -0.39 is 26.1 Å². The zero-order valence-corrected chi connectivity index (χ0v) is 26.4. The zero-order valence-electron chi connectivity index (χ0n) is 24.8. The van der Waals surface area contributed by atoms with Crippen LogP contribution in [0.1, 0.15) is 59.2 Å². The van der Waals surface area contributed by atoms with Crippen molar-refractivity contribution in [2.75, 3.05) is 42.6 Å².